The molecule has 0 fully saturated rings. The lowest BCUT2D eigenvalue weighted by molar-refractivity contribution is 0.171. The predicted octanol–water partition coefficient (Wildman–Crippen LogP) is 2.79. The summed E-state index contributed by atoms with van der Waals surface area (Å²) in [6.07, 6.45) is -0.507. The van der Waals surface area contributed by atoms with E-state index in [0.29, 0.717) is 13.9 Å². The number of carbonyl (C=O) groups is 1. The Bertz CT molecular complexity index is 323. The van der Waals surface area contributed by atoms with Gasteiger partial charge < -0.3 is 4.74 Å². The lowest BCUT2D eigenvalue weighted by Crippen LogP contribution is -2.11. The summed E-state index contributed by atoms with van der Waals surface area (Å²) >= 11 is 9.41. The standard InChI is InChI=1S/C5H3Br3N2O2/c1-12-5(11)10-3(7)2(6)9-4(10)8/h1H3. The van der Waals surface area contributed by atoms with Crippen LogP contribution in [0.4, 0.5) is 4.79 Å². The monoisotopic (exact) mass is 360 g/mol. The van der Waals surface area contributed by atoms with Crippen molar-refractivity contribution >= 4 is 53.9 Å². The fraction of sp³-hybridized carbons (Fsp3) is 0.200. The van der Waals surface area contributed by atoms with Gasteiger partial charge >= 0.3 is 6.09 Å². The van der Waals surface area contributed by atoms with Crippen molar-refractivity contribution in [2.45, 2.75) is 0 Å². The quantitative estimate of drug-likeness (QED) is 0.713. The van der Waals surface area contributed by atoms with Gasteiger partial charge in [-0.05, 0) is 47.8 Å². The first-order valence-corrected chi connectivity index (χ1v) is 5.13. The molecule has 0 amide bonds. The maximum absolute atomic E-state index is 11.1. The van der Waals surface area contributed by atoms with Crippen LogP contribution < -0.4 is 0 Å². The molecule has 0 saturated heterocycles. The van der Waals surface area contributed by atoms with Crippen LogP contribution in [-0.4, -0.2) is 22.8 Å². The Kier molecular flexibility index (Phi) is 3.30. The van der Waals surface area contributed by atoms with Gasteiger partial charge in [0, 0.05) is 0 Å². The van der Waals surface area contributed by atoms with E-state index in [0.717, 1.165) is 0 Å². The molecule has 7 heteroatoms. The Morgan fingerprint density at radius 2 is 2.08 bits per heavy atom. The summed E-state index contributed by atoms with van der Waals surface area (Å²) in [7, 11) is 1.30. The first-order chi connectivity index (χ1) is 5.57. The molecule has 12 heavy (non-hydrogen) atoms. The van der Waals surface area contributed by atoms with Crippen LogP contribution in [-0.2, 0) is 4.74 Å². The van der Waals surface area contributed by atoms with E-state index in [-0.39, 0.29) is 0 Å². The van der Waals surface area contributed by atoms with Gasteiger partial charge in [-0.1, -0.05) is 0 Å². The molecule has 0 radical (unpaired) electrons. The Morgan fingerprint density at radius 1 is 1.50 bits per heavy atom. The summed E-state index contributed by atoms with van der Waals surface area (Å²) in [6.45, 7) is 0. The average molecular weight is 363 g/mol. The number of ether oxygens (including phenoxy) is 1. The Balaban J connectivity index is 3.22. The van der Waals surface area contributed by atoms with E-state index >= 15 is 0 Å². The molecule has 0 aliphatic carbocycles. The molecule has 4 nitrogen and oxygen atoms in total. The number of hydrogen-bond acceptors (Lipinski definition) is 3. The minimum absolute atomic E-state index is 0.383. The van der Waals surface area contributed by atoms with E-state index in [1.165, 1.54) is 11.7 Å². The molecular formula is C5H3Br3N2O2. The summed E-state index contributed by atoms with van der Waals surface area (Å²) in [5.41, 5.74) is 0. The van der Waals surface area contributed by atoms with Crippen LogP contribution in [0.2, 0.25) is 0 Å². The maximum atomic E-state index is 11.1. The van der Waals surface area contributed by atoms with Crippen LogP contribution in [0.25, 0.3) is 0 Å². The van der Waals surface area contributed by atoms with Gasteiger partial charge in [0.25, 0.3) is 0 Å². The predicted molar refractivity (Wildman–Crippen MR) is 53.1 cm³/mol. The second kappa shape index (κ2) is 3.89. The molecule has 0 saturated carbocycles. The molecule has 0 unspecified atom stereocenters. The highest BCUT2D eigenvalue weighted by Gasteiger charge is 2.17. The molecule has 0 aliphatic rings. The Morgan fingerprint density at radius 3 is 2.42 bits per heavy atom. The average Bonchev–Trinajstić information content (AvgIpc) is 2.26. The second-order valence-electron chi connectivity index (χ2n) is 1.77. The topological polar surface area (TPSA) is 44.1 Å². The first-order valence-electron chi connectivity index (χ1n) is 2.75. The zero-order valence-corrected chi connectivity index (χ0v) is 10.6. The highest BCUT2D eigenvalue weighted by atomic mass is 79.9. The van der Waals surface area contributed by atoms with E-state index in [1.54, 1.807) is 0 Å². The van der Waals surface area contributed by atoms with Crippen LogP contribution in [0.3, 0.4) is 0 Å². The number of halogens is 3. The lowest BCUT2D eigenvalue weighted by Gasteiger charge is -2.00. The van der Waals surface area contributed by atoms with Crippen LogP contribution in [0.5, 0.6) is 0 Å². The van der Waals surface area contributed by atoms with E-state index in [2.05, 4.69) is 57.5 Å². The molecule has 0 N–H and O–H groups in total. The molecule has 0 spiro atoms. The summed E-state index contributed by atoms with van der Waals surface area (Å²) < 4.78 is 7.19. The van der Waals surface area contributed by atoms with Gasteiger partial charge in [0.15, 0.2) is 4.73 Å². The van der Waals surface area contributed by atoms with Crippen molar-refractivity contribution < 1.29 is 9.53 Å². The van der Waals surface area contributed by atoms with Crippen molar-refractivity contribution in [1.82, 2.24) is 9.55 Å². The molecule has 0 atom stereocenters. The number of carbonyl (C=O) groups excluding carboxylic acids is 1. The van der Waals surface area contributed by atoms with Crippen molar-refractivity contribution in [2.24, 2.45) is 0 Å². The number of aromatic nitrogens is 2. The lowest BCUT2D eigenvalue weighted by atomic mass is 10.9. The molecular weight excluding hydrogens is 360 g/mol. The zero-order valence-electron chi connectivity index (χ0n) is 5.84. The van der Waals surface area contributed by atoms with Gasteiger partial charge in [0.05, 0.1) is 7.11 Å². The van der Waals surface area contributed by atoms with Gasteiger partial charge in [-0.3, -0.25) is 0 Å². The van der Waals surface area contributed by atoms with Crippen molar-refractivity contribution in [3.8, 4) is 0 Å². The SMILES string of the molecule is COC(=O)n1c(Br)nc(Br)c1Br. The van der Waals surface area contributed by atoms with Crippen LogP contribution >= 0.6 is 47.8 Å². The van der Waals surface area contributed by atoms with Crippen LogP contribution in [0.1, 0.15) is 0 Å². The molecule has 66 valence electrons. The second-order valence-corrected chi connectivity index (χ2v) is 3.98. The van der Waals surface area contributed by atoms with Crippen molar-refractivity contribution in [1.29, 1.82) is 0 Å². The highest BCUT2D eigenvalue weighted by Crippen LogP contribution is 2.26. The molecule has 1 heterocycles. The third-order valence-electron chi connectivity index (χ3n) is 1.10. The van der Waals surface area contributed by atoms with E-state index < -0.39 is 6.09 Å². The highest BCUT2D eigenvalue weighted by molar-refractivity contribution is 9.13. The molecule has 0 bridgehead atoms. The van der Waals surface area contributed by atoms with Gasteiger partial charge in [-0.15, -0.1) is 0 Å². The summed E-state index contributed by atoms with van der Waals surface area (Å²) in [5, 5.41) is 0. The normalized spacial score (nSPS) is 10.0. The van der Waals surface area contributed by atoms with Crippen LogP contribution in [0, 0.1) is 0 Å². The van der Waals surface area contributed by atoms with Gasteiger partial charge in [-0.25, -0.2) is 14.3 Å². The van der Waals surface area contributed by atoms with Crippen molar-refractivity contribution in [3.05, 3.63) is 13.9 Å². The smallest absolute Gasteiger partial charge is 0.420 e. The minimum atomic E-state index is -0.507. The zero-order chi connectivity index (χ0) is 9.30. The maximum Gasteiger partial charge on any atom is 0.420 e. The minimum Gasteiger partial charge on any atom is -0.452 e. The third-order valence-corrected chi connectivity index (χ3v) is 3.45. The van der Waals surface area contributed by atoms with E-state index in [4.69, 9.17) is 0 Å². The third kappa shape index (κ3) is 1.72. The molecule has 0 aromatic carbocycles. The molecule has 1 aromatic heterocycles. The summed E-state index contributed by atoms with van der Waals surface area (Å²) in [4.78, 5) is 15.0. The van der Waals surface area contributed by atoms with Gasteiger partial charge in [0.2, 0.25) is 0 Å². The Labute approximate surface area is 93.7 Å². The van der Waals surface area contributed by atoms with E-state index in [9.17, 15) is 4.79 Å². The summed E-state index contributed by atoms with van der Waals surface area (Å²) in [6, 6.07) is 0. The number of hydrogen-bond donors (Lipinski definition) is 0. The van der Waals surface area contributed by atoms with Crippen LogP contribution in [0.15, 0.2) is 13.9 Å². The van der Waals surface area contributed by atoms with Crippen molar-refractivity contribution in [3.63, 3.8) is 0 Å². The number of nitrogens with zero attached hydrogens (tertiary/aromatic N) is 2. The largest absolute Gasteiger partial charge is 0.452 e. The van der Waals surface area contributed by atoms with Gasteiger partial charge in [-0.2, -0.15) is 0 Å². The molecule has 1 aromatic rings. The van der Waals surface area contributed by atoms with Crippen molar-refractivity contribution in [2.75, 3.05) is 7.11 Å². The van der Waals surface area contributed by atoms with E-state index in [1.807, 2.05) is 0 Å². The first kappa shape index (κ1) is 10.2. The molecule has 1 rings (SSSR count). The fourth-order valence-corrected chi connectivity index (χ4v) is 2.32. The number of rotatable bonds is 0. The number of imidazole rings is 1. The number of methoxy groups -OCH3 is 1. The van der Waals surface area contributed by atoms with Gasteiger partial charge in [0.1, 0.15) is 9.21 Å². The summed E-state index contributed by atoms with van der Waals surface area (Å²) in [5.74, 6) is 0. The molecule has 0 aliphatic heterocycles. The Hall–Kier alpha value is 0.120. The fourth-order valence-electron chi connectivity index (χ4n) is 0.597.